The number of hydrogen-bond donors (Lipinski definition) is 0. The van der Waals surface area contributed by atoms with E-state index >= 15 is 0 Å². The van der Waals surface area contributed by atoms with Crippen molar-refractivity contribution in [3.8, 4) is 16.9 Å². The number of pyridine rings is 2. The van der Waals surface area contributed by atoms with Gasteiger partial charge >= 0.3 is 0 Å². The van der Waals surface area contributed by atoms with Crippen molar-refractivity contribution < 1.29 is 8.78 Å². The van der Waals surface area contributed by atoms with Crippen LogP contribution >= 0.6 is 0 Å². The molecule has 4 nitrogen and oxygen atoms in total. The van der Waals surface area contributed by atoms with E-state index in [1.807, 2.05) is 91.5 Å². The van der Waals surface area contributed by atoms with E-state index in [2.05, 4.69) is 4.98 Å². The maximum atomic E-state index is 14.6. The van der Waals surface area contributed by atoms with Gasteiger partial charge in [-0.3, -0.25) is 4.98 Å². The summed E-state index contributed by atoms with van der Waals surface area (Å²) in [7, 11) is 0. The van der Waals surface area contributed by atoms with Gasteiger partial charge in [0.25, 0.3) is 0 Å². The highest BCUT2D eigenvalue weighted by Gasteiger charge is 2.29. The second kappa shape index (κ2) is 7.64. The van der Waals surface area contributed by atoms with Gasteiger partial charge in [0, 0.05) is 11.6 Å². The zero-order valence-electron chi connectivity index (χ0n) is 17.6. The summed E-state index contributed by atoms with van der Waals surface area (Å²) in [6.07, 6.45) is 1.91. The number of nitrogens with zero attached hydrogens (tertiary/aromatic N) is 4. The molecule has 0 aliphatic rings. The third kappa shape index (κ3) is 3.43. The largest absolute Gasteiger partial charge is 0.251 e. The standard InChI is InChI=1S/C26H20F2N4/c1-26(2,21-14-15-32(31-21)18-9-4-3-5-10-18)22-16-17-8-6-7-11-19(17)24(29-22)20-12-13-23(27)30-25(20)28/h3-16H,1-2H3. The van der Waals surface area contributed by atoms with Crippen molar-refractivity contribution >= 4 is 10.8 Å². The van der Waals surface area contributed by atoms with Crippen LogP contribution in [0.3, 0.4) is 0 Å². The fraction of sp³-hybridized carbons (Fsp3) is 0.115. The molecule has 3 aromatic heterocycles. The average molecular weight is 426 g/mol. The number of halogens is 2. The molecule has 0 unspecified atom stereocenters. The predicted octanol–water partition coefficient (Wildman–Crippen LogP) is 6.09. The topological polar surface area (TPSA) is 43.6 Å². The van der Waals surface area contributed by atoms with Gasteiger partial charge in [-0.1, -0.05) is 42.5 Å². The van der Waals surface area contributed by atoms with Crippen LogP contribution in [0, 0.1) is 11.9 Å². The van der Waals surface area contributed by atoms with Crippen LogP contribution < -0.4 is 0 Å². The van der Waals surface area contributed by atoms with Gasteiger partial charge in [-0.05, 0) is 55.6 Å². The minimum atomic E-state index is -0.883. The molecule has 0 fully saturated rings. The molecule has 6 heteroatoms. The van der Waals surface area contributed by atoms with Gasteiger partial charge in [-0.25, -0.2) is 4.68 Å². The Morgan fingerprint density at radius 3 is 2.31 bits per heavy atom. The molecule has 0 amide bonds. The highest BCUT2D eigenvalue weighted by atomic mass is 19.1. The Morgan fingerprint density at radius 2 is 1.53 bits per heavy atom. The van der Waals surface area contributed by atoms with Gasteiger partial charge in [0.15, 0.2) is 0 Å². The Morgan fingerprint density at radius 1 is 0.781 bits per heavy atom. The minimum Gasteiger partial charge on any atom is -0.251 e. The molecule has 0 bridgehead atoms. The lowest BCUT2D eigenvalue weighted by molar-refractivity contribution is 0.515. The molecule has 0 saturated carbocycles. The molecule has 0 aliphatic heterocycles. The van der Waals surface area contributed by atoms with E-state index in [0.717, 1.165) is 33.9 Å². The highest BCUT2D eigenvalue weighted by Crippen LogP contribution is 2.35. The van der Waals surface area contributed by atoms with Crippen LogP contribution in [0.15, 0.2) is 85.1 Å². The van der Waals surface area contributed by atoms with E-state index in [1.54, 1.807) is 0 Å². The third-order valence-corrected chi connectivity index (χ3v) is 5.70. The van der Waals surface area contributed by atoms with Crippen molar-refractivity contribution in [2.45, 2.75) is 19.3 Å². The first-order valence-corrected chi connectivity index (χ1v) is 10.3. The van der Waals surface area contributed by atoms with Crippen LogP contribution in [0.5, 0.6) is 0 Å². The summed E-state index contributed by atoms with van der Waals surface area (Å²) < 4.78 is 29.8. The molecule has 0 radical (unpaired) electrons. The van der Waals surface area contributed by atoms with E-state index in [-0.39, 0.29) is 5.56 Å². The van der Waals surface area contributed by atoms with E-state index in [9.17, 15) is 8.78 Å². The maximum absolute atomic E-state index is 14.6. The van der Waals surface area contributed by atoms with Gasteiger partial charge in [0.2, 0.25) is 11.9 Å². The Hall–Kier alpha value is -3.93. The summed E-state index contributed by atoms with van der Waals surface area (Å²) in [5, 5.41) is 6.46. The van der Waals surface area contributed by atoms with E-state index in [1.165, 1.54) is 6.07 Å². The highest BCUT2D eigenvalue weighted by molar-refractivity contribution is 5.95. The fourth-order valence-electron chi connectivity index (χ4n) is 3.83. The Kier molecular flexibility index (Phi) is 4.78. The molecule has 0 aliphatic carbocycles. The molecule has 158 valence electrons. The van der Waals surface area contributed by atoms with Gasteiger partial charge in [0.1, 0.15) is 0 Å². The molecule has 0 N–H and O–H groups in total. The smallest absolute Gasteiger partial charge is 0.224 e. The van der Waals surface area contributed by atoms with Gasteiger partial charge in [0.05, 0.1) is 33.7 Å². The third-order valence-electron chi connectivity index (χ3n) is 5.70. The summed E-state index contributed by atoms with van der Waals surface area (Å²) >= 11 is 0. The van der Waals surface area contributed by atoms with Crippen LogP contribution in [0.4, 0.5) is 8.78 Å². The van der Waals surface area contributed by atoms with Crippen molar-refractivity contribution in [2.75, 3.05) is 0 Å². The van der Waals surface area contributed by atoms with Gasteiger partial charge < -0.3 is 0 Å². The van der Waals surface area contributed by atoms with Gasteiger partial charge in [-0.15, -0.1) is 0 Å². The first-order valence-electron chi connectivity index (χ1n) is 10.3. The maximum Gasteiger partial charge on any atom is 0.224 e. The average Bonchev–Trinajstić information content (AvgIpc) is 3.30. The second-order valence-electron chi connectivity index (χ2n) is 8.16. The summed E-state index contributed by atoms with van der Waals surface area (Å²) in [6.45, 7) is 4.07. The molecular formula is C26H20F2N4. The number of hydrogen-bond acceptors (Lipinski definition) is 3. The normalized spacial score (nSPS) is 11.8. The van der Waals surface area contributed by atoms with Crippen LogP contribution in [-0.4, -0.2) is 19.7 Å². The molecule has 2 aromatic carbocycles. The van der Waals surface area contributed by atoms with Crippen LogP contribution in [0.25, 0.3) is 27.7 Å². The first-order chi connectivity index (χ1) is 15.4. The lowest BCUT2D eigenvalue weighted by Gasteiger charge is -2.23. The molecule has 32 heavy (non-hydrogen) atoms. The Balaban J connectivity index is 1.67. The van der Waals surface area contributed by atoms with Crippen LogP contribution in [-0.2, 0) is 5.41 Å². The van der Waals surface area contributed by atoms with E-state index in [0.29, 0.717) is 5.69 Å². The molecule has 0 atom stereocenters. The number of para-hydroxylation sites is 1. The van der Waals surface area contributed by atoms with Crippen molar-refractivity contribution in [2.24, 2.45) is 0 Å². The number of fused-ring (bicyclic) bond motifs is 1. The summed E-state index contributed by atoms with van der Waals surface area (Å²) in [6, 6.07) is 24.0. The van der Waals surface area contributed by atoms with Crippen molar-refractivity contribution in [1.29, 1.82) is 0 Å². The zero-order valence-corrected chi connectivity index (χ0v) is 17.6. The summed E-state index contributed by atoms with van der Waals surface area (Å²) in [4.78, 5) is 8.19. The zero-order chi connectivity index (χ0) is 22.3. The predicted molar refractivity (Wildman–Crippen MR) is 121 cm³/mol. The quantitative estimate of drug-likeness (QED) is 0.327. The van der Waals surface area contributed by atoms with Crippen LogP contribution in [0.2, 0.25) is 0 Å². The van der Waals surface area contributed by atoms with Crippen LogP contribution in [0.1, 0.15) is 25.2 Å². The second-order valence-corrected chi connectivity index (χ2v) is 8.16. The van der Waals surface area contributed by atoms with E-state index in [4.69, 9.17) is 10.1 Å². The summed E-state index contributed by atoms with van der Waals surface area (Å²) in [5.74, 6) is -1.75. The number of rotatable bonds is 4. The number of benzene rings is 2. The molecule has 0 spiro atoms. The van der Waals surface area contributed by atoms with Crippen molar-refractivity contribution in [3.05, 3.63) is 108 Å². The molecule has 0 saturated heterocycles. The molecule has 5 aromatic rings. The first kappa shape index (κ1) is 20.0. The SMILES string of the molecule is CC(C)(c1cc2ccccc2c(-c2ccc(F)nc2F)n1)c1ccn(-c2ccccc2)n1. The van der Waals surface area contributed by atoms with E-state index < -0.39 is 17.3 Å². The molecule has 5 rings (SSSR count). The monoisotopic (exact) mass is 426 g/mol. The number of aromatic nitrogens is 4. The van der Waals surface area contributed by atoms with Crippen molar-refractivity contribution in [3.63, 3.8) is 0 Å². The Bertz CT molecular complexity index is 1420. The molecular weight excluding hydrogens is 406 g/mol. The van der Waals surface area contributed by atoms with Gasteiger partial charge in [-0.2, -0.15) is 18.9 Å². The fourth-order valence-corrected chi connectivity index (χ4v) is 3.83. The lowest BCUT2D eigenvalue weighted by Crippen LogP contribution is -2.22. The lowest BCUT2D eigenvalue weighted by atomic mass is 9.84. The van der Waals surface area contributed by atoms with Crippen molar-refractivity contribution in [1.82, 2.24) is 19.7 Å². The minimum absolute atomic E-state index is 0.162. The summed E-state index contributed by atoms with van der Waals surface area (Å²) in [5.41, 5.74) is 2.54. The Labute approximate surface area is 184 Å². The molecule has 3 heterocycles.